The van der Waals surface area contributed by atoms with Crippen LogP contribution in [-0.2, 0) is 0 Å². The molecular formula is C13H16N4O2. The number of nitrogens with one attached hydrogen (secondary N) is 1. The summed E-state index contributed by atoms with van der Waals surface area (Å²) in [5.74, 6) is 1.85. The predicted molar refractivity (Wildman–Crippen MR) is 72.5 cm³/mol. The van der Waals surface area contributed by atoms with Crippen LogP contribution in [0.15, 0.2) is 24.3 Å². The Labute approximate surface area is 111 Å². The third-order valence-electron chi connectivity index (χ3n) is 2.48. The molecule has 6 heteroatoms. The SMILES string of the molecule is CCNc1nc(OC)nc(-c2ccc(OC)cc2)n1. The highest BCUT2D eigenvalue weighted by Crippen LogP contribution is 2.21. The van der Waals surface area contributed by atoms with Crippen molar-refractivity contribution < 1.29 is 9.47 Å². The first-order chi connectivity index (χ1) is 9.26. The van der Waals surface area contributed by atoms with Crippen LogP contribution in [0.5, 0.6) is 11.8 Å². The van der Waals surface area contributed by atoms with E-state index in [0.29, 0.717) is 11.8 Å². The fraction of sp³-hybridized carbons (Fsp3) is 0.308. The maximum atomic E-state index is 5.12. The standard InChI is InChI=1S/C13H16N4O2/c1-4-14-12-15-11(16-13(17-12)19-3)9-5-7-10(18-2)8-6-9/h5-8H,4H2,1-3H3,(H,14,15,16,17). The van der Waals surface area contributed by atoms with Crippen LogP contribution in [-0.4, -0.2) is 35.7 Å². The zero-order valence-electron chi connectivity index (χ0n) is 11.2. The second-order valence-corrected chi connectivity index (χ2v) is 3.73. The highest BCUT2D eigenvalue weighted by atomic mass is 16.5. The molecule has 0 bridgehead atoms. The molecule has 0 saturated heterocycles. The molecule has 0 saturated carbocycles. The number of benzene rings is 1. The molecule has 0 aliphatic heterocycles. The lowest BCUT2D eigenvalue weighted by molar-refractivity contribution is 0.379. The molecule has 1 aromatic heterocycles. The van der Waals surface area contributed by atoms with Crippen LogP contribution in [0, 0.1) is 0 Å². The Hall–Kier alpha value is -2.37. The van der Waals surface area contributed by atoms with E-state index in [1.165, 1.54) is 7.11 Å². The van der Waals surface area contributed by atoms with Crippen molar-refractivity contribution in [2.75, 3.05) is 26.1 Å². The van der Waals surface area contributed by atoms with Gasteiger partial charge in [-0.2, -0.15) is 15.0 Å². The van der Waals surface area contributed by atoms with Crippen LogP contribution in [0.2, 0.25) is 0 Å². The van der Waals surface area contributed by atoms with Crippen LogP contribution >= 0.6 is 0 Å². The largest absolute Gasteiger partial charge is 0.497 e. The molecule has 100 valence electrons. The molecule has 0 aliphatic carbocycles. The summed E-state index contributed by atoms with van der Waals surface area (Å²) >= 11 is 0. The third-order valence-corrected chi connectivity index (χ3v) is 2.48. The predicted octanol–water partition coefficient (Wildman–Crippen LogP) is 1.99. The molecule has 0 spiro atoms. The van der Waals surface area contributed by atoms with Gasteiger partial charge in [-0.05, 0) is 31.2 Å². The van der Waals surface area contributed by atoms with E-state index in [-0.39, 0.29) is 6.01 Å². The molecule has 2 aromatic rings. The quantitative estimate of drug-likeness (QED) is 0.886. The molecule has 1 N–H and O–H groups in total. The van der Waals surface area contributed by atoms with Gasteiger partial charge in [-0.25, -0.2) is 0 Å². The van der Waals surface area contributed by atoms with Gasteiger partial charge in [0.25, 0.3) is 0 Å². The lowest BCUT2D eigenvalue weighted by atomic mass is 10.2. The Kier molecular flexibility index (Phi) is 4.12. The summed E-state index contributed by atoms with van der Waals surface area (Å²) in [6.07, 6.45) is 0. The van der Waals surface area contributed by atoms with Gasteiger partial charge < -0.3 is 14.8 Å². The van der Waals surface area contributed by atoms with Gasteiger partial charge in [0, 0.05) is 12.1 Å². The molecular weight excluding hydrogens is 244 g/mol. The van der Waals surface area contributed by atoms with Gasteiger partial charge in [0.2, 0.25) is 5.95 Å². The Morgan fingerprint density at radius 3 is 2.32 bits per heavy atom. The molecule has 0 fully saturated rings. The Morgan fingerprint density at radius 1 is 1.00 bits per heavy atom. The Bertz CT molecular complexity index is 543. The van der Waals surface area contributed by atoms with Gasteiger partial charge in [-0.1, -0.05) is 0 Å². The monoisotopic (exact) mass is 260 g/mol. The summed E-state index contributed by atoms with van der Waals surface area (Å²) in [6, 6.07) is 7.79. The maximum Gasteiger partial charge on any atom is 0.321 e. The molecule has 1 aromatic carbocycles. The Morgan fingerprint density at radius 2 is 1.74 bits per heavy atom. The summed E-state index contributed by atoms with van der Waals surface area (Å²) in [6.45, 7) is 2.71. The van der Waals surface area contributed by atoms with Gasteiger partial charge >= 0.3 is 6.01 Å². The number of rotatable bonds is 5. The van der Waals surface area contributed by atoms with Crippen molar-refractivity contribution in [1.29, 1.82) is 0 Å². The van der Waals surface area contributed by atoms with Crippen molar-refractivity contribution in [3.8, 4) is 23.1 Å². The summed E-state index contributed by atoms with van der Waals surface area (Å²) in [7, 11) is 3.16. The van der Waals surface area contributed by atoms with E-state index in [1.807, 2.05) is 31.2 Å². The van der Waals surface area contributed by atoms with Gasteiger partial charge in [0.05, 0.1) is 14.2 Å². The fourth-order valence-electron chi connectivity index (χ4n) is 1.55. The molecule has 1 heterocycles. The minimum absolute atomic E-state index is 0.289. The zero-order valence-corrected chi connectivity index (χ0v) is 11.2. The normalized spacial score (nSPS) is 10.1. The minimum atomic E-state index is 0.289. The smallest absolute Gasteiger partial charge is 0.321 e. The van der Waals surface area contributed by atoms with Crippen LogP contribution in [0.3, 0.4) is 0 Å². The number of hydrogen-bond acceptors (Lipinski definition) is 6. The van der Waals surface area contributed by atoms with Gasteiger partial charge in [0.1, 0.15) is 5.75 Å². The minimum Gasteiger partial charge on any atom is -0.497 e. The summed E-state index contributed by atoms with van der Waals surface area (Å²) < 4.78 is 10.2. The van der Waals surface area contributed by atoms with E-state index < -0.39 is 0 Å². The second-order valence-electron chi connectivity index (χ2n) is 3.73. The van der Waals surface area contributed by atoms with Crippen molar-refractivity contribution in [2.45, 2.75) is 6.92 Å². The maximum absolute atomic E-state index is 5.12. The molecule has 0 atom stereocenters. The topological polar surface area (TPSA) is 69.2 Å². The van der Waals surface area contributed by atoms with Crippen LogP contribution in [0.25, 0.3) is 11.4 Å². The Balaban J connectivity index is 2.38. The summed E-state index contributed by atoms with van der Waals surface area (Å²) in [4.78, 5) is 12.7. The molecule has 0 radical (unpaired) electrons. The molecule has 0 aliphatic rings. The zero-order chi connectivity index (χ0) is 13.7. The lowest BCUT2D eigenvalue weighted by Gasteiger charge is -2.07. The van der Waals surface area contributed by atoms with E-state index in [9.17, 15) is 0 Å². The van der Waals surface area contributed by atoms with Crippen LogP contribution in [0.1, 0.15) is 6.92 Å². The van der Waals surface area contributed by atoms with Crippen LogP contribution in [0.4, 0.5) is 5.95 Å². The molecule has 2 rings (SSSR count). The number of methoxy groups -OCH3 is 2. The molecule has 0 unspecified atom stereocenters. The molecule has 19 heavy (non-hydrogen) atoms. The third kappa shape index (κ3) is 3.09. The van der Waals surface area contributed by atoms with E-state index >= 15 is 0 Å². The first-order valence-electron chi connectivity index (χ1n) is 5.95. The van der Waals surface area contributed by atoms with Gasteiger partial charge in [-0.15, -0.1) is 0 Å². The van der Waals surface area contributed by atoms with Crippen molar-refractivity contribution in [3.05, 3.63) is 24.3 Å². The average molecular weight is 260 g/mol. The van der Waals surface area contributed by atoms with Gasteiger partial charge in [-0.3, -0.25) is 0 Å². The van der Waals surface area contributed by atoms with Crippen LogP contribution < -0.4 is 14.8 Å². The number of aromatic nitrogens is 3. The van der Waals surface area contributed by atoms with Crippen molar-refractivity contribution in [2.24, 2.45) is 0 Å². The number of anilines is 1. The second kappa shape index (κ2) is 5.99. The number of hydrogen-bond donors (Lipinski definition) is 1. The van der Waals surface area contributed by atoms with Gasteiger partial charge in [0.15, 0.2) is 5.82 Å². The van der Waals surface area contributed by atoms with Crippen molar-refractivity contribution >= 4 is 5.95 Å². The molecule has 6 nitrogen and oxygen atoms in total. The van der Waals surface area contributed by atoms with E-state index in [1.54, 1.807) is 7.11 Å². The van der Waals surface area contributed by atoms with Crippen molar-refractivity contribution in [3.63, 3.8) is 0 Å². The first-order valence-corrected chi connectivity index (χ1v) is 5.95. The van der Waals surface area contributed by atoms with E-state index in [4.69, 9.17) is 9.47 Å². The first kappa shape index (κ1) is 13.1. The van der Waals surface area contributed by atoms with E-state index in [0.717, 1.165) is 17.9 Å². The summed E-state index contributed by atoms with van der Waals surface area (Å²) in [5.41, 5.74) is 0.876. The lowest BCUT2D eigenvalue weighted by Crippen LogP contribution is -2.06. The van der Waals surface area contributed by atoms with Crippen molar-refractivity contribution in [1.82, 2.24) is 15.0 Å². The fourth-order valence-corrected chi connectivity index (χ4v) is 1.55. The highest BCUT2D eigenvalue weighted by Gasteiger charge is 2.08. The average Bonchev–Trinajstić information content (AvgIpc) is 2.47. The highest BCUT2D eigenvalue weighted by molar-refractivity contribution is 5.57. The van der Waals surface area contributed by atoms with E-state index in [2.05, 4.69) is 20.3 Å². The summed E-state index contributed by atoms with van der Waals surface area (Å²) in [5, 5.41) is 3.05. The number of nitrogens with zero attached hydrogens (tertiary/aromatic N) is 3. The molecule has 0 amide bonds. The number of ether oxygens (including phenoxy) is 2.